The number of aliphatic imine (C=N–C) groups is 1. The van der Waals surface area contributed by atoms with Crippen molar-refractivity contribution in [2.45, 2.75) is 70.3 Å². The first-order valence-electron chi connectivity index (χ1n) is 10.0. The van der Waals surface area contributed by atoms with Gasteiger partial charge in [-0.3, -0.25) is 4.99 Å². The molecule has 0 spiro atoms. The van der Waals surface area contributed by atoms with E-state index in [9.17, 15) is 0 Å². The number of nitrogens with zero attached hydrogens (tertiary/aromatic N) is 2. The Morgan fingerprint density at radius 3 is 2.57 bits per heavy atom. The number of nitrogens with one attached hydrogen (secondary N) is 2. The maximum atomic E-state index is 4.37. The number of hydrogen-bond donors (Lipinski definition) is 2. The van der Waals surface area contributed by atoms with E-state index in [2.05, 4.69) is 20.5 Å². The Morgan fingerprint density at radius 1 is 1.00 bits per heavy atom. The van der Waals surface area contributed by atoms with Crippen molar-refractivity contribution in [3.8, 4) is 0 Å². The van der Waals surface area contributed by atoms with Gasteiger partial charge in [0.25, 0.3) is 0 Å². The molecule has 4 nitrogen and oxygen atoms in total. The zero-order chi connectivity index (χ0) is 15.9. The van der Waals surface area contributed by atoms with Gasteiger partial charge in [-0.05, 0) is 44.1 Å². The quantitative estimate of drug-likeness (QED) is 0.410. The molecular formula is C19H36N4. The van der Waals surface area contributed by atoms with Crippen molar-refractivity contribution in [1.29, 1.82) is 0 Å². The van der Waals surface area contributed by atoms with Gasteiger partial charge in [-0.1, -0.05) is 38.5 Å². The normalized spacial score (nSPS) is 26.8. The molecule has 1 aliphatic heterocycles. The van der Waals surface area contributed by atoms with E-state index in [1.54, 1.807) is 0 Å². The van der Waals surface area contributed by atoms with Crippen LogP contribution >= 0.6 is 0 Å². The Morgan fingerprint density at radius 2 is 1.83 bits per heavy atom. The molecule has 0 aromatic heterocycles. The lowest BCUT2D eigenvalue weighted by Crippen LogP contribution is -2.40. The monoisotopic (exact) mass is 320 g/mol. The van der Waals surface area contributed by atoms with Crippen LogP contribution in [0.4, 0.5) is 0 Å². The molecule has 0 radical (unpaired) electrons. The molecule has 0 amide bonds. The predicted molar refractivity (Wildman–Crippen MR) is 97.9 cm³/mol. The molecule has 1 saturated heterocycles. The van der Waals surface area contributed by atoms with Crippen LogP contribution < -0.4 is 10.6 Å². The second-order valence-electron chi connectivity index (χ2n) is 7.91. The summed E-state index contributed by atoms with van der Waals surface area (Å²) in [5, 5.41) is 7.03. The fourth-order valence-electron chi connectivity index (χ4n) is 4.33. The molecule has 0 aromatic rings. The number of unbranched alkanes of at least 4 members (excludes halogenated alkanes) is 1. The molecule has 1 atom stereocenters. The third-order valence-corrected chi connectivity index (χ3v) is 5.97. The maximum Gasteiger partial charge on any atom is 0.190 e. The zero-order valence-electron chi connectivity index (χ0n) is 15.0. The van der Waals surface area contributed by atoms with Gasteiger partial charge < -0.3 is 15.5 Å². The molecule has 2 N–H and O–H groups in total. The Hall–Kier alpha value is -0.770. The predicted octanol–water partition coefficient (Wildman–Crippen LogP) is 3.00. The van der Waals surface area contributed by atoms with Gasteiger partial charge in [0.2, 0.25) is 0 Å². The van der Waals surface area contributed by atoms with Crippen LogP contribution in [0, 0.1) is 11.8 Å². The molecule has 1 heterocycles. The van der Waals surface area contributed by atoms with Gasteiger partial charge in [-0.2, -0.15) is 0 Å². The van der Waals surface area contributed by atoms with Gasteiger partial charge >= 0.3 is 0 Å². The van der Waals surface area contributed by atoms with Gasteiger partial charge in [0.15, 0.2) is 5.96 Å². The molecule has 2 aliphatic carbocycles. The summed E-state index contributed by atoms with van der Waals surface area (Å²) in [6.07, 6.45) is 14.2. The summed E-state index contributed by atoms with van der Waals surface area (Å²) in [4.78, 5) is 7.06. The minimum atomic E-state index is 0.802. The molecule has 132 valence electrons. The average molecular weight is 321 g/mol. The van der Waals surface area contributed by atoms with Crippen molar-refractivity contribution in [3.63, 3.8) is 0 Å². The Labute approximate surface area is 142 Å². The first-order valence-corrected chi connectivity index (χ1v) is 10.0. The van der Waals surface area contributed by atoms with Gasteiger partial charge in [-0.15, -0.1) is 0 Å². The second-order valence-corrected chi connectivity index (χ2v) is 7.91. The Kier molecular flexibility index (Phi) is 6.61. The smallest absolute Gasteiger partial charge is 0.190 e. The van der Waals surface area contributed by atoms with Crippen LogP contribution in [0.15, 0.2) is 4.99 Å². The highest BCUT2D eigenvalue weighted by molar-refractivity contribution is 5.79. The topological polar surface area (TPSA) is 39.7 Å². The van der Waals surface area contributed by atoms with Crippen molar-refractivity contribution in [1.82, 2.24) is 15.5 Å². The summed E-state index contributed by atoms with van der Waals surface area (Å²) in [6.45, 7) is 4.73. The van der Waals surface area contributed by atoms with Crippen LogP contribution in [0.1, 0.15) is 64.2 Å². The fourth-order valence-corrected chi connectivity index (χ4v) is 4.33. The van der Waals surface area contributed by atoms with Gasteiger partial charge in [-0.25, -0.2) is 0 Å². The number of rotatable bonds is 8. The van der Waals surface area contributed by atoms with Crippen molar-refractivity contribution in [3.05, 3.63) is 0 Å². The molecule has 2 saturated carbocycles. The highest BCUT2D eigenvalue weighted by Gasteiger charge is 2.34. The lowest BCUT2D eigenvalue weighted by molar-refractivity contribution is 0.314. The highest BCUT2D eigenvalue weighted by atomic mass is 15.2. The Bertz CT molecular complexity index is 372. The van der Waals surface area contributed by atoms with Crippen LogP contribution in [-0.2, 0) is 0 Å². The van der Waals surface area contributed by atoms with E-state index in [1.807, 2.05) is 7.05 Å². The summed E-state index contributed by atoms with van der Waals surface area (Å²) in [6, 6.07) is 0.928. The van der Waals surface area contributed by atoms with Crippen LogP contribution in [0.5, 0.6) is 0 Å². The maximum absolute atomic E-state index is 4.37. The average Bonchev–Trinajstić information content (AvgIpc) is 3.09. The van der Waals surface area contributed by atoms with E-state index in [0.717, 1.165) is 36.9 Å². The second kappa shape index (κ2) is 8.91. The highest BCUT2D eigenvalue weighted by Crippen LogP contribution is 2.31. The lowest BCUT2D eigenvalue weighted by atomic mass is 10.0. The molecule has 0 bridgehead atoms. The first kappa shape index (κ1) is 17.1. The Balaban J connectivity index is 1.22. The largest absolute Gasteiger partial charge is 0.356 e. The first-order chi connectivity index (χ1) is 11.3. The molecule has 23 heavy (non-hydrogen) atoms. The molecule has 3 aliphatic rings. The minimum Gasteiger partial charge on any atom is -0.356 e. The summed E-state index contributed by atoms with van der Waals surface area (Å²) in [5.74, 6) is 2.83. The molecule has 1 unspecified atom stereocenters. The summed E-state index contributed by atoms with van der Waals surface area (Å²) >= 11 is 0. The van der Waals surface area contributed by atoms with Crippen molar-refractivity contribution < 1.29 is 0 Å². The van der Waals surface area contributed by atoms with Crippen LogP contribution in [0.25, 0.3) is 0 Å². The van der Waals surface area contributed by atoms with Crippen LogP contribution in [-0.4, -0.2) is 50.1 Å². The van der Waals surface area contributed by atoms with E-state index in [4.69, 9.17) is 0 Å². The number of likely N-dealkylation sites (tertiary alicyclic amines) is 1. The van der Waals surface area contributed by atoms with Crippen molar-refractivity contribution in [2.75, 3.05) is 33.2 Å². The summed E-state index contributed by atoms with van der Waals surface area (Å²) in [7, 11) is 1.89. The van der Waals surface area contributed by atoms with Gasteiger partial charge in [0.1, 0.15) is 0 Å². The fraction of sp³-hybridized carbons (Fsp3) is 0.947. The van der Waals surface area contributed by atoms with E-state index in [1.165, 1.54) is 77.3 Å². The van der Waals surface area contributed by atoms with Crippen molar-refractivity contribution >= 4 is 5.96 Å². The molecule has 4 heteroatoms. The minimum absolute atomic E-state index is 0.802. The summed E-state index contributed by atoms with van der Waals surface area (Å²) in [5.41, 5.74) is 0. The zero-order valence-corrected chi connectivity index (χ0v) is 15.0. The van der Waals surface area contributed by atoms with Crippen LogP contribution in [0.3, 0.4) is 0 Å². The van der Waals surface area contributed by atoms with Crippen LogP contribution in [0.2, 0.25) is 0 Å². The molecular weight excluding hydrogens is 284 g/mol. The van der Waals surface area contributed by atoms with Gasteiger partial charge in [0, 0.05) is 32.7 Å². The molecule has 3 fully saturated rings. The van der Waals surface area contributed by atoms with E-state index in [0.29, 0.717) is 0 Å². The van der Waals surface area contributed by atoms with E-state index >= 15 is 0 Å². The third kappa shape index (κ3) is 5.66. The standard InChI is InChI=1S/C19H36N4/c1-20-19(21-12-5-4-8-16-6-2-3-7-16)22-14-17-11-13-23(15-17)18-9-10-18/h16-18H,2-15H2,1H3,(H2,20,21,22). The summed E-state index contributed by atoms with van der Waals surface area (Å²) < 4.78 is 0. The molecule has 0 aromatic carbocycles. The van der Waals surface area contributed by atoms with Gasteiger partial charge in [0.05, 0.1) is 0 Å². The van der Waals surface area contributed by atoms with Crippen molar-refractivity contribution in [2.24, 2.45) is 16.8 Å². The third-order valence-electron chi connectivity index (χ3n) is 5.97. The van der Waals surface area contributed by atoms with E-state index < -0.39 is 0 Å². The lowest BCUT2D eigenvalue weighted by Gasteiger charge is -2.17. The molecule has 3 rings (SSSR count). The van der Waals surface area contributed by atoms with E-state index in [-0.39, 0.29) is 0 Å². The SMILES string of the molecule is CN=C(NCCCCC1CCCC1)NCC1CCN(C2CC2)C1. The number of guanidine groups is 1. The number of hydrogen-bond acceptors (Lipinski definition) is 2.